The van der Waals surface area contributed by atoms with E-state index in [1.807, 2.05) is 19.1 Å². The quantitative estimate of drug-likeness (QED) is 0.759. The Bertz CT molecular complexity index is 735. The van der Waals surface area contributed by atoms with E-state index in [-0.39, 0.29) is 5.03 Å². The summed E-state index contributed by atoms with van der Waals surface area (Å²) in [6.07, 6.45) is 3.87. The number of benzene rings is 1. The van der Waals surface area contributed by atoms with Crippen LogP contribution in [0.25, 0.3) is 0 Å². The Kier molecular flexibility index (Phi) is 3.69. The van der Waals surface area contributed by atoms with E-state index >= 15 is 0 Å². The van der Waals surface area contributed by atoms with E-state index in [2.05, 4.69) is 20.2 Å². The minimum absolute atomic E-state index is 0.124. The molecule has 7 heteroatoms. The highest BCUT2D eigenvalue weighted by Gasteiger charge is 2.24. The van der Waals surface area contributed by atoms with Gasteiger partial charge in [-0.3, -0.25) is 9.82 Å². The minimum atomic E-state index is -3.66. The molecular formula is C14H18N4O2S. The summed E-state index contributed by atoms with van der Waals surface area (Å²) in [5, 5.41) is 9.87. The summed E-state index contributed by atoms with van der Waals surface area (Å²) < 4.78 is 27.6. The number of sulfonamides is 1. The highest BCUT2D eigenvalue weighted by atomic mass is 32.2. The topological polar surface area (TPSA) is 86.9 Å². The molecule has 0 radical (unpaired) electrons. The molecule has 1 fully saturated rings. The molecule has 21 heavy (non-hydrogen) atoms. The van der Waals surface area contributed by atoms with Crippen molar-refractivity contribution in [3.05, 3.63) is 41.6 Å². The number of hydrogen-bond acceptors (Lipinski definition) is 4. The third-order valence-corrected chi connectivity index (χ3v) is 4.87. The van der Waals surface area contributed by atoms with Gasteiger partial charge in [-0.25, -0.2) is 0 Å². The van der Waals surface area contributed by atoms with Crippen molar-refractivity contribution in [3.8, 4) is 0 Å². The van der Waals surface area contributed by atoms with Crippen LogP contribution >= 0.6 is 0 Å². The van der Waals surface area contributed by atoms with E-state index in [1.165, 1.54) is 0 Å². The van der Waals surface area contributed by atoms with Crippen LogP contribution < -0.4 is 10.0 Å². The van der Waals surface area contributed by atoms with Crippen molar-refractivity contribution in [2.45, 2.75) is 37.4 Å². The van der Waals surface area contributed by atoms with E-state index in [9.17, 15) is 8.42 Å². The summed E-state index contributed by atoms with van der Waals surface area (Å²) in [4.78, 5) is 0. The van der Waals surface area contributed by atoms with Crippen molar-refractivity contribution >= 4 is 15.7 Å². The Morgan fingerprint density at radius 2 is 2.10 bits per heavy atom. The van der Waals surface area contributed by atoms with Gasteiger partial charge in [0.25, 0.3) is 10.0 Å². The highest BCUT2D eigenvalue weighted by molar-refractivity contribution is 7.92. The Labute approximate surface area is 124 Å². The summed E-state index contributed by atoms with van der Waals surface area (Å²) in [5.74, 6) is 0. The zero-order valence-corrected chi connectivity index (χ0v) is 12.6. The SMILES string of the molecule is Cc1ccccc1NS(=O)(=O)c1[nH]ncc1CNC1CC1. The molecule has 0 bridgehead atoms. The molecule has 3 N–H and O–H groups in total. The second-order valence-electron chi connectivity index (χ2n) is 5.30. The van der Waals surface area contributed by atoms with Gasteiger partial charge < -0.3 is 5.32 Å². The van der Waals surface area contributed by atoms with Crippen molar-refractivity contribution in [3.63, 3.8) is 0 Å². The van der Waals surface area contributed by atoms with Gasteiger partial charge in [-0.1, -0.05) is 18.2 Å². The van der Waals surface area contributed by atoms with Crippen LogP contribution in [-0.4, -0.2) is 24.7 Å². The molecule has 1 aliphatic rings. The number of nitrogens with zero attached hydrogens (tertiary/aromatic N) is 1. The van der Waals surface area contributed by atoms with E-state index < -0.39 is 10.0 Å². The molecule has 1 aromatic heterocycles. The third kappa shape index (κ3) is 3.25. The zero-order valence-electron chi connectivity index (χ0n) is 11.8. The molecule has 1 heterocycles. The molecular weight excluding hydrogens is 288 g/mol. The van der Waals surface area contributed by atoms with E-state index in [1.54, 1.807) is 18.3 Å². The van der Waals surface area contributed by atoms with E-state index in [0.717, 1.165) is 18.4 Å². The third-order valence-electron chi connectivity index (χ3n) is 3.49. The largest absolute Gasteiger partial charge is 0.310 e. The fraction of sp³-hybridized carbons (Fsp3) is 0.357. The average Bonchev–Trinajstić information content (AvgIpc) is 3.15. The molecule has 0 spiro atoms. The smallest absolute Gasteiger partial charge is 0.279 e. The standard InChI is InChI=1S/C14H18N4O2S/c1-10-4-2-3-5-13(10)18-21(19,20)14-11(9-16-17-14)8-15-12-6-7-12/h2-5,9,12,15,18H,6-8H2,1H3,(H,16,17). The van der Waals surface area contributed by atoms with Gasteiger partial charge in [0, 0.05) is 18.2 Å². The van der Waals surface area contributed by atoms with Crippen molar-refractivity contribution < 1.29 is 8.42 Å². The molecule has 1 aliphatic carbocycles. The first-order valence-corrected chi connectivity index (χ1v) is 8.38. The van der Waals surface area contributed by atoms with Gasteiger partial charge in [-0.15, -0.1) is 0 Å². The molecule has 112 valence electrons. The van der Waals surface area contributed by atoms with Gasteiger partial charge in [0.15, 0.2) is 5.03 Å². The van der Waals surface area contributed by atoms with Crippen LogP contribution in [0.1, 0.15) is 24.0 Å². The molecule has 0 atom stereocenters. The first kappa shape index (κ1) is 14.1. The highest BCUT2D eigenvalue weighted by Crippen LogP contribution is 2.22. The first-order chi connectivity index (χ1) is 10.1. The molecule has 1 saturated carbocycles. The Balaban J connectivity index is 1.81. The van der Waals surface area contributed by atoms with E-state index in [0.29, 0.717) is 23.8 Å². The summed E-state index contributed by atoms with van der Waals surface area (Å²) in [6.45, 7) is 2.37. The van der Waals surface area contributed by atoms with Crippen molar-refractivity contribution in [2.24, 2.45) is 0 Å². The van der Waals surface area contributed by atoms with Crippen LogP contribution in [0.5, 0.6) is 0 Å². The second kappa shape index (κ2) is 5.50. The van der Waals surface area contributed by atoms with Gasteiger partial charge >= 0.3 is 0 Å². The number of para-hydroxylation sites is 1. The first-order valence-electron chi connectivity index (χ1n) is 6.90. The summed E-state index contributed by atoms with van der Waals surface area (Å²) in [5.41, 5.74) is 2.11. The molecule has 1 aromatic carbocycles. The summed E-state index contributed by atoms with van der Waals surface area (Å²) in [6, 6.07) is 7.78. The monoisotopic (exact) mass is 306 g/mol. The van der Waals surface area contributed by atoms with E-state index in [4.69, 9.17) is 0 Å². The maximum Gasteiger partial charge on any atom is 0.279 e. The average molecular weight is 306 g/mol. The minimum Gasteiger partial charge on any atom is -0.310 e. The Hall–Kier alpha value is -1.86. The molecule has 0 unspecified atom stereocenters. The van der Waals surface area contributed by atoms with Crippen LogP contribution in [0.15, 0.2) is 35.5 Å². The van der Waals surface area contributed by atoms with Crippen LogP contribution in [0.3, 0.4) is 0 Å². The molecule has 2 aromatic rings. The second-order valence-corrected chi connectivity index (χ2v) is 6.92. The lowest BCUT2D eigenvalue weighted by Crippen LogP contribution is -2.20. The summed E-state index contributed by atoms with van der Waals surface area (Å²) >= 11 is 0. The predicted octanol–water partition coefficient (Wildman–Crippen LogP) is 1.77. The zero-order chi connectivity index (χ0) is 14.9. The molecule has 0 amide bonds. The summed E-state index contributed by atoms with van der Waals surface area (Å²) in [7, 11) is -3.66. The number of H-pyrrole nitrogens is 1. The van der Waals surface area contributed by atoms with Crippen LogP contribution in [0.2, 0.25) is 0 Å². The number of nitrogens with one attached hydrogen (secondary N) is 3. The Morgan fingerprint density at radius 3 is 2.81 bits per heavy atom. The number of aromatic nitrogens is 2. The number of rotatable bonds is 6. The number of hydrogen-bond donors (Lipinski definition) is 3. The number of anilines is 1. The lowest BCUT2D eigenvalue weighted by atomic mass is 10.2. The number of aromatic amines is 1. The van der Waals surface area contributed by atoms with Gasteiger partial charge in [0.05, 0.1) is 11.9 Å². The maximum atomic E-state index is 12.5. The van der Waals surface area contributed by atoms with Crippen molar-refractivity contribution in [1.82, 2.24) is 15.5 Å². The molecule has 6 nitrogen and oxygen atoms in total. The lowest BCUT2D eigenvalue weighted by molar-refractivity contribution is 0.593. The van der Waals surface area contributed by atoms with Gasteiger partial charge in [-0.05, 0) is 31.4 Å². The normalized spacial score (nSPS) is 15.1. The van der Waals surface area contributed by atoms with Gasteiger partial charge in [0.1, 0.15) is 0 Å². The number of aryl methyl sites for hydroxylation is 1. The van der Waals surface area contributed by atoms with Crippen LogP contribution in [0, 0.1) is 6.92 Å². The fourth-order valence-electron chi connectivity index (χ4n) is 2.08. The van der Waals surface area contributed by atoms with Crippen LogP contribution in [-0.2, 0) is 16.6 Å². The Morgan fingerprint density at radius 1 is 1.33 bits per heavy atom. The maximum absolute atomic E-state index is 12.5. The van der Waals surface area contributed by atoms with Crippen LogP contribution in [0.4, 0.5) is 5.69 Å². The van der Waals surface area contributed by atoms with Gasteiger partial charge in [-0.2, -0.15) is 13.5 Å². The van der Waals surface area contributed by atoms with Crippen molar-refractivity contribution in [1.29, 1.82) is 0 Å². The van der Waals surface area contributed by atoms with Gasteiger partial charge in [0.2, 0.25) is 0 Å². The predicted molar refractivity (Wildman–Crippen MR) is 80.4 cm³/mol. The lowest BCUT2D eigenvalue weighted by Gasteiger charge is -2.10. The van der Waals surface area contributed by atoms with Crippen molar-refractivity contribution in [2.75, 3.05) is 4.72 Å². The molecule has 0 aliphatic heterocycles. The molecule has 0 saturated heterocycles. The molecule has 3 rings (SSSR count). The fourth-order valence-corrected chi connectivity index (χ4v) is 3.35.